The van der Waals surface area contributed by atoms with Gasteiger partial charge in [0.15, 0.2) is 5.56 Å². The van der Waals surface area contributed by atoms with Crippen LogP contribution < -0.4 is 0 Å². The van der Waals surface area contributed by atoms with Crippen molar-refractivity contribution in [1.29, 1.82) is 0 Å². The van der Waals surface area contributed by atoms with Gasteiger partial charge in [-0.2, -0.15) is 4.39 Å². The number of esters is 1. The van der Waals surface area contributed by atoms with Crippen LogP contribution in [0.1, 0.15) is 29.4 Å². The summed E-state index contributed by atoms with van der Waals surface area (Å²) in [6, 6.07) is 0.347. The Labute approximate surface area is 98.5 Å². The lowest BCUT2D eigenvalue weighted by Gasteiger charge is -2.05. The van der Waals surface area contributed by atoms with Crippen LogP contribution in [0.25, 0.3) is 0 Å². The fourth-order valence-electron chi connectivity index (χ4n) is 1.17. The van der Waals surface area contributed by atoms with E-state index in [1.165, 1.54) is 6.92 Å². The molecule has 98 valence electrons. The molecule has 18 heavy (non-hydrogen) atoms. The minimum atomic E-state index is -3.19. The predicted molar refractivity (Wildman–Crippen MR) is 51.8 cm³/mol. The summed E-state index contributed by atoms with van der Waals surface area (Å²) in [5.41, 5.74) is -3.28. The number of nitro groups is 1. The third-order valence-electron chi connectivity index (χ3n) is 1.87. The molecule has 9 heteroatoms. The molecule has 0 aliphatic carbocycles. The molecule has 0 radical (unpaired) electrons. The van der Waals surface area contributed by atoms with E-state index in [2.05, 4.69) is 9.72 Å². The highest BCUT2D eigenvalue weighted by Gasteiger charge is 2.30. The molecule has 0 aliphatic heterocycles. The molecule has 0 unspecified atom stereocenters. The topological polar surface area (TPSA) is 82.3 Å². The second kappa shape index (κ2) is 5.43. The Bertz CT molecular complexity index is 493. The number of halogens is 3. The molecule has 0 saturated carbocycles. The summed E-state index contributed by atoms with van der Waals surface area (Å²) < 4.78 is 42.4. The summed E-state index contributed by atoms with van der Waals surface area (Å²) in [6.45, 7) is 1.26. The fraction of sp³-hybridized carbons (Fsp3) is 0.333. The number of nitrogens with zero attached hydrogens (tertiary/aromatic N) is 2. The molecule has 0 saturated heterocycles. The lowest BCUT2D eigenvalue weighted by molar-refractivity contribution is -0.385. The third-order valence-corrected chi connectivity index (χ3v) is 1.87. The molecule has 1 aromatic heterocycles. The van der Waals surface area contributed by atoms with Crippen molar-refractivity contribution in [2.24, 2.45) is 0 Å². The molecule has 0 bridgehead atoms. The van der Waals surface area contributed by atoms with Crippen molar-refractivity contribution < 1.29 is 27.6 Å². The molecule has 1 aromatic rings. The number of carbonyl (C=O) groups excluding carboxylic acids is 1. The number of alkyl halides is 2. The van der Waals surface area contributed by atoms with Crippen LogP contribution in [0.5, 0.6) is 0 Å². The highest BCUT2D eigenvalue weighted by Crippen LogP contribution is 2.27. The Morgan fingerprint density at radius 3 is 2.67 bits per heavy atom. The van der Waals surface area contributed by atoms with Crippen LogP contribution in [0.3, 0.4) is 0 Å². The van der Waals surface area contributed by atoms with Gasteiger partial charge in [-0.3, -0.25) is 10.1 Å². The summed E-state index contributed by atoms with van der Waals surface area (Å²) >= 11 is 0. The van der Waals surface area contributed by atoms with E-state index < -0.39 is 40.2 Å². The van der Waals surface area contributed by atoms with E-state index in [1.54, 1.807) is 0 Å². The van der Waals surface area contributed by atoms with Gasteiger partial charge < -0.3 is 4.74 Å². The van der Waals surface area contributed by atoms with Crippen LogP contribution in [0.15, 0.2) is 6.07 Å². The molecule has 1 rings (SSSR count). The van der Waals surface area contributed by atoms with Crippen LogP contribution in [0, 0.1) is 16.1 Å². The highest BCUT2D eigenvalue weighted by atomic mass is 19.3. The van der Waals surface area contributed by atoms with E-state index in [1.807, 2.05) is 0 Å². The molecule has 0 amide bonds. The first-order valence-electron chi connectivity index (χ1n) is 4.68. The number of hydrogen-bond acceptors (Lipinski definition) is 5. The number of carbonyl (C=O) groups is 1. The van der Waals surface area contributed by atoms with Crippen molar-refractivity contribution in [3.63, 3.8) is 0 Å². The molecular weight excluding hydrogens is 257 g/mol. The van der Waals surface area contributed by atoms with Gasteiger partial charge in [-0.1, -0.05) is 0 Å². The van der Waals surface area contributed by atoms with Gasteiger partial charge in [-0.15, -0.1) is 0 Å². The number of ether oxygens (including phenoxy) is 1. The largest absolute Gasteiger partial charge is 0.462 e. The molecule has 0 N–H and O–H groups in total. The quantitative estimate of drug-likeness (QED) is 0.360. The number of pyridine rings is 1. The fourth-order valence-corrected chi connectivity index (χ4v) is 1.17. The number of aromatic nitrogens is 1. The zero-order valence-electron chi connectivity index (χ0n) is 9.02. The van der Waals surface area contributed by atoms with Crippen molar-refractivity contribution in [2.75, 3.05) is 6.61 Å². The average Bonchev–Trinajstić information content (AvgIpc) is 2.27. The van der Waals surface area contributed by atoms with E-state index in [9.17, 15) is 28.1 Å². The van der Waals surface area contributed by atoms with Crippen LogP contribution >= 0.6 is 0 Å². The summed E-state index contributed by atoms with van der Waals surface area (Å²) in [6.07, 6.45) is -3.19. The van der Waals surface area contributed by atoms with Crippen LogP contribution in [0.2, 0.25) is 0 Å². The monoisotopic (exact) mass is 264 g/mol. The normalized spacial score (nSPS) is 10.5. The molecule has 6 nitrogen and oxygen atoms in total. The molecular formula is C9H7F3N2O4. The van der Waals surface area contributed by atoms with Crippen molar-refractivity contribution >= 4 is 11.7 Å². The Morgan fingerprint density at radius 1 is 1.61 bits per heavy atom. The van der Waals surface area contributed by atoms with Gasteiger partial charge in [0, 0.05) is 6.07 Å². The zero-order valence-corrected chi connectivity index (χ0v) is 9.02. The molecule has 0 fully saturated rings. The lowest BCUT2D eigenvalue weighted by atomic mass is 10.2. The van der Waals surface area contributed by atoms with Gasteiger partial charge in [0.1, 0.15) is 5.69 Å². The minimum Gasteiger partial charge on any atom is -0.462 e. The first-order valence-corrected chi connectivity index (χ1v) is 4.68. The molecule has 0 spiro atoms. The van der Waals surface area contributed by atoms with Gasteiger partial charge in [-0.05, 0) is 6.92 Å². The standard InChI is InChI=1S/C9H7F3N2O4/c1-2-18-9(15)6-5(14(16)17)3-4(7(10)11)13-8(6)12/h3,7H,2H2,1H3. The van der Waals surface area contributed by atoms with Crippen LogP contribution in [0.4, 0.5) is 18.9 Å². The maximum atomic E-state index is 13.4. The van der Waals surface area contributed by atoms with E-state index in [0.717, 1.165) is 0 Å². The molecule has 1 heterocycles. The highest BCUT2D eigenvalue weighted by molar-refractivity contribution is 5.93. The summed E-state index contributed by atoms with van der Waals surface area (Å²) in [4.78, 5) is 23.5. The maximum Gasteiger partial charge on any atom is 0.349 e. The summed E-state index contributed by atoms with van der Waals surface area (Å²) in [7, 11) is 0. The zero-order chi connectivity index (χ0) is 13.9. The number of hydrogen-bond donors (Lipinski definition) is 0. The van der Waals surface area contributed by atoms with Gasteiger partial charge in [0.25, 0.3) is 12.1 Å². The van der Waals surface area contributed by atoms with Crippen molar-refractivity contribution in [2.45, 2.75) is 13.3 Å². The van der Waals surface area contributed by atoms with Crippen molar-refractivity contribution in [3.05, 3.63) is 33.4 Å². The Balaban J connectivity index is 3.41. The second-order valence-electron chi connectivity index (χ2n) is 3.01. The van der Waals surface area contributed by atoms with E-state index in [4.69, 9.17) is 0 Å². The van der Waals surface area contributed by atoms with Gasteiger partial charge in [0.05, 0.1) is 11.5 Å². The third kappa shape index (κ3) is 2.73. The Hall–Kier alpha value is -2.19. The minimum absolute atomic E-state index is 0.147. The van der Waals surface area contributed by atoms with Crippen molar-refractivity contribution in [3.8, 4) is 0 Å². The van der Waals surface area contributed by atoms with E-state index in [0.29, 0.717) is 6.07 Å². The maximum absolute atomic E-state index is 13.4. The average molecular weight is 264 g/mol. The van der Waals surface area contributed by atoms with Crippen LogP contribution in [-0.4, -0.2) is 22.5 Å². The first-order chi connectivity index (χ1) is 8.38. The lowest BCUT2D eigenvalue weighted by Crippen LogP contribution is -2.13. The molecule has 0 aliphatic rings. The first kappa shape index (κ1) is 13.9. The smallest absolute Gasteiger partial charge is 0.349 e. The second-order valence-corrected chi connectivity index (χ2v) is 3.01. The molecule has 0 atom stereocenters. The van der Waals surface area contributed by atoms with E-state index in [-0.39, 0.29) is 6.61 Å². The Kier molecular flexibility index (Phi) is 4.18. The van der Waals surface area contributed by atoms with Gasteiger partial charge in [-0.25, -0.2) is 18.6 Å². The van der Waals surface area contributed by atoms with Crippen LogP contribution in [-0.2, 0) is 4.74 Å². The van der Waals surface area contributed by atoms with Crippen molar-refractivity contribution in [1.82, 2.24) is 4.98 Å². The Morgan fingerprint density at radius 2 is 2.22 bits per heavy atom. The number of rotatable bonds is 4. The van der Waals surface area contributed by atoms with Gasteiger partial charge >= 0.3 is 5.97 Å². The van der Waals surface area contributed by atoms with Gasteiger partial charge in [0.2, 0.25) is 5.95 Å². The van der Waals surface area contributed by atoms with E-state index >= 15 is 0 Å². The summed E-state index contributed by atoms with van der Waals surface area (Å²) in [5, 5.41) is 10.6. The predicted octanol–water partition coefficient (Wildman–Crippen LogP) is 2.24. The summed E-state index contributed by atoms with van der Waals surface area (Å²) in [5.74, 6) is -2.98. The molecule has 0 aromatic carbocycles. The SMILES string of the molecule is CCOC(=O)c1c([N+](=O)[O-])cc(C(F)F)nc1F.